The van der Waals surface area contributed by atoms with Crippen molar-refractivity contribution in [2.24, 2.45) is 0 Å². The molecule has 0 aliphatic rings. The molecule has 3 nitrogen and oxygen atoms in total. The molecular formula is C15H16ClNO2. The van der Waals surface area contributed by atoms with Crippen LogP contribution in [0.1, 0.15) is 16.6 Å². The molecule has 1 atom stereocenters. The molecule has 0 N–H and O–H groups in total. The summed E-state index contributed by atoms with van der Waals surface area (Å²) in [5.41, 5.74) is 1.90. The standard InChI is InChI=1S/C15H16ClNO2/c1-18-12-6-7-13(15(10-12)19-2)14(16)9-11-5-3-4-8-17-11/h3-8,10,14H,9H2,1-2H3. The smallest absolute Gasteiger partial charge is 0.127 e. The first-order chi connectivity index (χ1) is 9.24. The Balaban J connectivity index is 2.21. The lowest BCUT2D eigenvalue weighted by molar-refractivity contribution is 0.390. The summed E-state index contributed by atoms with van der Waals surface area (Å²) in [7, 11) is 3.25. The highest BCUT2D eigenvalue weighted by atomic mass is 35.5. The maximum atomic E-state index is 6.46. The van der Waals surface area contributed by atoms with Crippen molar-refractivity contribution in [1.29, 1.82) is 0 Å². The van der Waals surface area contributed by atoms with Crippen molar-refractivity contribution in [2.75, 3.05) is 14.2 Å². The van der Waals surface area contributed by atoms with Crippen molar-refractivity contribution in [3.63, 3.8) is 0 Å². The predicted molar refractivity (Wildman–Crippen MR) is 76.1 cm³/mol. The van der Waals surface area contributed by atoms with Crippen LogP contribution in [0.25, 0.3) is 0 Å². The van der Waals surface area contributed by atoms with Crippen LogP contribution in [-0.4, -0.2) is 19.2 Å². The Bertz CT molecular complexity index is 531. The molecule has 2 aromatic rings. The Morgan fingerprint density at radius 1 is 1.16 bits per heavy atom. The lowest BCUT2D eigenvalue weighted by atomic mass is 10.1. The van der Waals surface area contributed by atoms with Gasteiger partial charge in [0.05, 0.1) is 19.6 Å². The second kappa shape index (κ2) is 6.43. The maximum Gasteiger partial charge on any atom is 0.127 e. The second-order valence-corrected chi connectivity index (χ2v) is 4.63. The lowest BCUT2D eigenvalue weighted by Gasteiger charge is -2.14. The minimum atomic E-state index is -0.184. The number of methoxy groups -OCH3 is 2. The Morgan fingerprint density at radius 3 is 2.63 bits per heavy atom. The number of rotatable bonds is 5. The first-order valence-electron chi connectivity index (χ1n) is 6.00. The van der Waals surface area contributed by atoms with Gasteiger partial charge < -0.3 is 9.47 Å². The number of benzene rings is 1. The lowest BCUT2D eigenvalue weighted by Crippen LogP contribution is -2.01. The molecule has 0 aliphatic carbocycles. The Kier molecular flexibility index (Phi) is 4.63. The minimum absolute atomic E-state index is 0.184. The molecule has 1 unspecified atom stereocenters. The van der Waals surface area contributed by atoms with Crippen LogP contribution in [0.3, 0.4) is 0 Å². The number of hydrogen-bond acceptors (Lipinski definition) is 3. The van der Waals surface area contributed by atoms with E-state index in [-0.39, 0.29) is 5.38 Å². The van der Waals surface area contributed by atoms with E-state index in [4.69, 9.17) is 21.1 Å². The molecule has 0 saturated heterocycles. The van der Waals surface area contributed by atoms with Crippen LogP contribution in [-0.2, 0) is 6.42 Å². The number of nitrogens with zero attached hydrogens (tertiary/aromatic N) is 1. The quantitative estimate of drug-likeness (QED) is 0.782. The fourth-order valence-electron chi connectivity index (χ4n) is 1.89. The SMILES string of the molecule is COc1ccc(C(Cl)Cc2ccccn2)c(OC)c1. The van der Waals surface area contributed by atoms with Gasteiger partial charge >= 0.3 is 0 Å². The third-order valence-corrected chi connectivity index (χ3v) is 3.28. The molecule has 0 saturated carbocycles. The number of alkyl halides is 1. The fraction of sp³-hybridized carbons (Fsp3) is 0.267. The molecule has 0 aliphatic heterocycles. The number of hydrogen-bond donors (Lipinski definition) is 0. The summed E-state index contributed by atoms with van der Waals surface area (Å²) in [5, 5.41) is -0.184. The molecule has 19 heavy (non-hydrogen) atoms. The van der Waals surface area contributed by atoms with E-state index in [1.165, 1.54) is 0 Å². The fourth-order valence-corrected chi connectivity index (χ4v) is 2.23. The highest BCUT2D eigenvalue weighted by Crippen LogP contribution is 2.34. The van der Waals surface area contributed by atoms with Gasteiger partial charge in [0.2, 0.25) is 0 Å². The van der Waals surface area contributed by atoms with Gasteiger partial charge in [-0.25, -0.2) is 0 Å². The van der Waals surface area contributed by atoms with Gasteiger partial charge in [-0.3, -0.25) is 4.98 Å². The van der Waals surface area contributed by atoms with E-state index in [9.17, 15) is 0 Å². The third kappa shape index (κ3) is 3.38. The van der Waals surface area contributed by atoms with E-state index in [1.807, 2.05) is 36.4 Å². The summed E-state index contributed by atoms with van der Waals surface area (Å²) in [5.74, 6) is 1.48. The van der Waals surface area contributed by atoms with Crippen LogP contribution in [0.4, 0.5) is 0 Å². The Labute approximate surface area is 118 Å². The van der Waals surface area contributed by atoms with Gasteiger partial charge in [-0.1, -0.05) is 12.1 Å². The monoisotopic (exact) mass is 277 g/mol. The highest BCUT2D eigenvalue weighted by molar-refractivity contribution is 6.21. The van der Waals surface area contributed by atoms with Crippen molar-refractivity contribution in [3.05, 3.63) is 53.9 Å². The van der Waals surface area contributed by atoms with E-state index in [1.54, 1.807) is 20.4 Å². The van der Waals surface area contributed by atoms with Gasteiger partial charge in [0.1, 0.15) is 11.5 Å². The number of aromatic nitrogens is 1. The summed E-state index contributed by atoms with van der Waals surface area (Å²) >= 11 is 6.46. The number of halogens is 1. The van der Waals surface area contributed by atoms with Gasteiger partial charge in [-0.05, 0) is 18.2 Å². The predicted octanol–water partition coefficient (Wildman–Crippen LogP) is 3.62. The third-order valence-electron chi connectivity index (χ3n) is 2.89. The van der Waals surface area contributed by atoms with Gasteiger partial charge in [0.25, 0.3) is 0 Å². The Morgan fingerprint density at radius 2 is 2.00 bits per heavy atom. The zero-order valence-electron chi connectivity index (χ0n) is 11.0. The van der Waals surface area contributed by atoms with Gasteiger partial charge in [-0.15, -0.1) is 11.6 Å². The first kappa shape index (κ1) is 13.7. The van der Waals surface area contributed by atoms with Crippen LogP contribution in [0.5, 0.6) is 11.5 Å². The molecule has 1 heterocycles. The van der Waals surface area contributed by atoms with E-state index >= 15 is 0 Å². The summed E-state index contributed by atoms with van der Waals surface area (Å²) in [6.07, 6.45) is 2.43. The zero-order valence-corrected chi connectivity index (χ0v) is 11.7. The molecular weight excluding hydrogens is 262 g/mol. The normalized spacial score (nSPS) is 11.9. The highest BCUT2D eigenvalue weighted by Gasteiger charge is 2.15. The first-order valence-corrected chi connectivity index (χ1v) is 6.44. The average molecular weight is 278 g/mol. The van der Waals surface area contributed by atoms with E-state index < -0.39 is 0 Å². The van der Waals surface area contributed by atoms with E-state index in [2.05, 4.69) is 4.98 Å². The molecule has 4 heteroatoms. The molecule has 0 amide bonds. The topological polar surface area (TPSA) is 31.4 Å². The van der Waals surface area contributed by atoms with Gasteiger partial charge in [0.15, 0.2) is 0 Å². The molecule has 0 radical (unpaired) electrons. The largest absolute Gasteiger partial charge is 0.497 e. The van der Waals surface area contributed by atoms with Crippen LogP contribution < -0.4 is 9.47 Å². The van der Waals surface area contributed by atoms with Crippen molar-refractivity contribution < 1.29 is 9.47 Å². The minimum Gasteiger partial charge on any atom is -0.497 e. The second-order valence-electron chi connectivity index (χ2n) is 4.10. The average Bonchev–Trinajstić information content (AvgIpc) is 2.47. The summed E-state index contributed by atoms with van der Waals surface area (Å²) in [6.45, 7) is 0. The maximum absolute atomic E-state index is 6.46. The zero-order chi connectivity index (χ0) is 13.7. The molecule has 100 valence electrons. The van der Waals surface area contributed by atoms with Crippen molar-refractivity contribution >= 4 is 11.6 Å². The summed E-state index contributed by atoms with van der Waals surface area (Å²) < 4.78 is 10.5. The number of pyridine rings is 1. The van der Waals surface area contributed by atoms with Gasteiger partial charge in [0, 0.05) is 29.9 Å². The molecule has 0 spiro atoms. The van der Waals surface area contributed by atoms with Crippen LogP contribution in [0.15, 0.2) is 42.6 Å². The summed E-state index contributed by atoms with van der Waals surface area (Å²) in [4.78, 5) is 4.28. The van der Waals surface area contributed by atoms with Crippen LogP contribution in [0.2, 0.25) is 0 Å². The van der Waals surface area contributed by atoms with Gasteiger partial charge in [-0.2, -0.15) is 0 Å². The number of ether oxygens (including phenoxy) is 2. The van der Waals surface area contributed by atoms with Crippen molar-refractivity contribution in [2.45, 2.75) is 11.8 Å². The molecule has 1 aromatic heterocycles. The molecule has 2 rings (SSSR count). The van der Waals surface area contributed by atoms with E-state index in [0.717, 1.165) is 22.8 Å². The van der Waals surface area contributed by atoms with E-state index in [0.29, 0.717) is 6.42 Å². The van der Waals surface area contributed by atoms with Crippen molar-refractivity contribution in [1.82, 2.24) is 4.98 Å². The molecule has 1 aromatic carbocycles. The summed E-state index contributed by atoms with van der Waals surface area (Å²) in [6, 6.07) is 11.5. The van der Waals surface area contributed by atoms with Crippen molar-refractivity contribution in [3.8, 4) is 11.5 Å². The molecule has 0 fully saturated rings. The Hall–Kier alpha value is -1.74. The molecule has 0 bridgehead atoms. The van der Waals surface area contributed by atoms with Crippen LogP contribution in [0, 0.1) is 0 Å². The van der Waals surface area contributed by atoms with Crippen LogP contribution >= 0.6 is 11.6 Å².